The van der Waals surface area contributed by atoms with Crippen LogP contribution >= 0.6 is 0 Å². The summed E-state index contributed by atoms with van der Waals surface area (Å²) in [7, 11) is 0. The maximum absolute atomic E-state index is 13.0. The van der Waals surface area contributed by atoms with E-state index in [1.165, 1.54) is 0 Å². The number of piperidine rings is 1. The number of hydrogen-bond acceptors (Lipinski definition) is 3. The van der Waals surface area contributed by atoms with Crippen molar-refractivity contribution in [2.75, 3.05) is 6.54 Å². The molecule has 6 heteroatoms. The summed E-state index contributed by atoms with van der Waals surface area (Å²) in [6.45, 7) is 4.90. The van der Waals surface area contributed by atoms with Crippen LogP contribution in [0.1, 0.15) is 75.3 Å². The Kier molecular flexibility index (Phi) is 6.19. The summed E-state index contributed by atoms with van der Waals surface area (Å²) in [5.41, 5.74) is 0.626. The molecule has 1 amide bonds. The van der Waals surface area contributed by atoms with Gasteiger partial charge in [-0.05, 0) is 44.6 Å². The maximum Gasteiger partial charge on any atom is 0.303 e. The van der Waals surface area contributed by atoms with E-state index in [4.69, 9.17) is 5.11 Å². The van der Waals surface area contributed by atoms with Crippen molar-refractivity contribution in [1.82, 2.24) is 14.7 Å². The van der Waals surface area contributed by atoms with Gasteiger partial charge in [0.1, 0.15) is 5.69 Å². The Morgan fingerprint density at radius 3 is 2.74 bits per heavy atom. The molecule has 0 radical (unpaired) electrons. The van der Waals surface area contributed by atoms with Gasteiger partial charge in [0.15, 0.2) is 0 Å². The predicted molar refractivity (Wildman–Crippen MR) is 87.4 cm³/mol. The van der Waals surface area contributed by atoms with Gasteiger partial charge in [-0.2, -0.15) is 5.10 Å². The Labute approximate surface area is 137 Å². The topological polar surface area (TPSA) is 75.4 Å². The molecule has 2 rings (SSSR count). The summed E-state index contributed by atoms with van der Waals surface area (Å²) in [5.74, 6) is -0.811. The molecule has 1 aliphatic rings. The lowest BCUT2D eigenvalue weighted by Gasteiger charge is -2.36. The zero-order valence-electron chi connectivity index (χ0n) is 14.1. The van der Waals surface area contributed by atoms with Crippen LogP contribution in [0.3, 0.4) is 0 Å². The summed E-state index contributed by atoms with van der Waals surface area (Å²) in [4.78, 5) is 25.7. The molecule has 23 heavy (non-hydrogen) atoms. The molecule has 1 aromatic heterocycles. The van der Waals surface area contributed by atoms with Crippen LogP contribution in [0.15, 0.2) is 12.3 Å². The first-order valence-electron chi connectivity index (χ1n) is 8.64. The zero-order chi connectivity index (χ0) is 16.8. The summed E-state index contributed by atoms with van der Waals surface area (Å²) in [6.07, 6.45) is 7.11. The van der Waals surface area contributed by atoms with Crippen LogP contribution in [-0.4, -0.2) is 44.3 Å². The van der Waals surface area contributed by atoms with Crippen LogP contribution in [-0.2, 0) is 4.79 Å². The Balaban J connectivity index is 2.17. The van der Waals surface area contributed by atoms with Crippen molar-refractivity contribution in [3.05, 3.63) is 18.0 Å². The van der Waals surface area contributed by atoms with E-state index in [0.717, 1.165) is 32.1 Å². The molecule has 1 saturated heterocycles. The van der Waals surface area contributed by atoms with Crippen LogP contribution in [0.2, 0.25) is 0 Å². The number of rotatable bonds is 7. The Morgan fingerprint density at radius 1 is 1.35 bits per heavy atom. The van der Waals surface area contributed by atoms with E-state index < -0.39 is 5.97 Å². The Bertz CT molecular complexity index is 537. The number of nitrogens with zero attached hydrogens (tertiary/aromatic N) is 3. The minimum atomic E-state index is -0.801. The second-order valence-corrected chi connectivity index (χ2v) is 6.21. The summed E-state index contributed by atoms with van der Waals surface area (Å²) in [6, 6.07) is 2.03. The van der Waals surface area contributed by atoms with E-state index in [1.54, 1.807) is 12.3 Å². The smallest absolute Gasteiger partial charge is 0.303 e. The number of likely N-dealkylation sites (tertiary alicyclic amines) is 1. The molecule has 128 valence electrons. The average molecular weight is 321 g/mol. The minimum absolute atomic E-state index is 0.00973. The molecule has 0 bridgehead atoms. The van der Waals surface area contributed by atoms with Gasteiger partial charge < -0.3 is 10.0 Å². The van der Waals surface area contributed by atoms with Crippen molar-refractivity contribution in [3.63, 3.8) is 0 Å². The molecular weight excluding hydrogens is 294 g/mol. The summed E-state index contributed by atoms with van der Waals surface area (Å²) >= 11 is 0. The molecule has 2 heterocycles. The van der Waals surface area contributed by atoms with E-state index >= 15 is 0 Å². The quantitative estimate of drug-likeness (QED) is 0.837. The lowest BCUT2D eigenvalue weighted by atomic mass is 9.97. The number of amides is 1. The molecule has 1 aromatic rings. The number of carboxylic acid groups (broad SMARTS) is 1. The van der Waals surface area contributed by atoms with Gasteiger partial charge >= 0.3 is 5.97 Å². The van der Waals surface area contributed by atoms with E-state index in [1.807, 2.05) is 9.58 Å². The minimum Gasteiger partial charge on any atom is -0.481 e. The fraction of sp³-hybridized carbons (Fsp3) is 0.706. The number of carbonyl (C=O) groups is 2. The SMILES string of the molecule is CCC(CC)n1nccc1C(=O)N1CCCC[C@H]1CCC(=O)O. The second kappa shape index (κ2) is 8.13. The summed E-state index contributed by atoms with van der Waals surface area (Å²) in [5, 5.41) is 13.3. The number of aliphatic carboxylic acids is 1. The number of aromatic nitrogens is 2. The predicted octanol–water partition coefficient (Wildman–Crippen LogP) is 3.10. The van der Waals surface area contributed by atoms with Crippen LogP contribution in [0, 0.1) is 0 Å². The van der Waals surface area contributed by atoms with Crippen LogP contribution in [0.5, 0.6) is 0 Å². The molecule has 0 spiro atoms. The lowest BCUT2D eigenvalue weighted by molar-refractivity contribution is -0.137. The highest BCUT2D eigenvalue weighted by Gasteiger charge is 2.30. The van der Waals surface area contributed by atoms with Crippen molar-refractivity contribution in [1.29, 1.82) is 0 Å². The monoisotopic (exact) mass is 321 g/mol. The first-order valence-corrected chi connectivity index (χ1v) is 8.64. The highest BCUT2D eigenvalue weighted by Crippen LogP contribution is 2.25. The van der Waals surface area contributed by atoms with Crippen molar-refractivity contribution in [2.24, 2.45) is 0 Å². The van der Waals surface area contributed by atoms with Gasteiger partial charge in [0.2, 0.25) is 0 Å². The van der Waals surface area contributed by atoms with Gasteiger partial charge in [-0.15, -0.1) is 0 Å². The van der Waals surface area contributed by atoms with Crippen LogP contribution < -0.4 is 0 Å². The third kappa shape index (κ3) is 4.12. The van der Waals surface area contributed by atoms with Crippen molar-refractivity contribution >= 4 is 11.9 Å². The van der Waals surface area contributed by atoms with Crippen LogP contribution in [0.25, 0.3) is 0 Å². The van der Waals surface area contributed by atoms with E-state index in [-0.39, 0.29) is 24.4 Å². The largest absolute Gasteiger partial charge is 0.481 e. The molecule has 1 aliphatic heterocycles. The maximum atomic E-state index is 13.0. The number of carboxylic acids is 1. The van der Waals surface area contributed by atoms with Gasteiger partial charge in [0.05, 0.1) is 6.04 Å². The van der Waals surface area contributed by atoms with Crippen molar-refractivity contribution in [3.8, 4) is 0 Å². The third-order valence-corrected chi connectivity index (χ3v) is 4.76. The second-order valence-electron chi connectivity index (χ2n) is 6.21. The van der Waals surface area contributed by atoms with Crippen molar-refractivity contribution in [2.45, 2.75) is 70.9 Å². The molecule has 0 saturated carbocycles. The molecular formula is C17H27N3O3. The fourth-order valence-electron chi connectivity index (χ4n) is 3.41. The first-order chi connectivity index (χ1) is 11.1. The standard InChI is InChI=1S/C17H27N3O3/c1-3-13(4-2)20-15(10-11-18-20)17(23)19-12-6-5-7-14(19)8-9-16(21)22/h10-11,13-14H,3-9,12H2,1-2H3,(H,21,22)/t14-/m0/s1. The first kappa shape index (κ1) is 17.5. The average Bonchev–Trinajstić information content (AvgIpc) is 3.03. The number of carbonyl (C=O) groups excluding carboxylic acids is 1. The molecule has 0 unspecified atom stereocenters. The third-order valence-electron chi connectivity index (χ3n) is 4.76. The van der Waals surface area contributed by atoms with Gasteiger partial charge in [-0.3, -0.25) is 14.3 Å². The van der Waals surface area contributed by atoms with Gasteiger partial charge in [-0.25, -0.2) is 0 Å². The highest BCUT2D eigenvalue weighted by molar-refractivity contribution is 5.93. The van der Waals surface area contributed by atoms with Gasteiger partial charge in [0.25, 0.3) is 5.91 Å². The molecule has 1 fully saturated rings. The van der Waals surface area contributed by atoms with Gasteiger partial charge in [0, 0.05) is 25.2 Å². The van der Waals surface area contributed by atoms with Crippen molar-refractivity contribution < 1.29 is 14.7 Å². The molecule has 0 aliphatic carbocycles. The summed E-state index contributed by atoms with van der Waals surface area (Å²) < 4.78 is 1.84. The molecule has 0 aromatic carbocycles. The van der Waals surface area contributed by atoms with Crippen LogP contribution in [0.4, 0.5) is 0 Å². The molecule has 6 nitrogen and oxygen atoms in total. The number of hydrogen-bond donors (Lipinski definition) is 1. The Hall–Kier alpha value is -1.85. The van der Waals surface area contributed by atoms with E-state index in [2.05, 4.69) is 18.9 Å². The van der Waals surface area contributed by atoms with E-state index in [9.17, 15) is 9.59 Å². The zero-order valence-corrected chi connectivity index (χ0v) is 14.1. The fourth-order valence-corrected chi connectivity index (χ4v) is 3.41. The van der Waals surface area contributed by atoms with Gasteiger partial charge in [-0.1, -0.05) is 13.8 Å². The highest BCUT2D eigenvalue weighted by atomic mass is 16.4. The molecule has 1 N–H and O–H groups in total. The molecule has 1 atom stereocenters. The Morgan fingerprint density at radius 2 is 2.09 bits per heavy atom. The normalized spacial score (nSPS) is 18.4. The van der Waals surface area contributed by atoms with E-state index in [0.29, 0.717) is 18.7 Å². The lowest BCUT2D eigenvalue weighted by Crippen LogP contribution is -2.44.